The summed E-state index contributed by atoms with van der Waals surface area (Å²) in [6.07, 6.45) is 3.26. The SMILES string of the molecule is CN1CCCc2cc(NC(=O)C3(O)CCSCC3)ccc21. The number of hydrogen-bond acceptors (Lipinski definition) is 4. The molecule has 1 aromatic rings. The average molecular weight is 306 g/mol. The average Bonchev–Trinajstić information content (AvgIpc) is 2.48. The van der Waals surface area contributed by atoms with E-state index in [-0.39, 0.29) is 5.91 Å². The van der Waals surface area contributed by atoms with Gasteiger partial charge in [-0.15, -0.1) is 0 Å². The van der Waals surface area contributed by atoms with Crippen LogP contribution in [0.3, 0.4) is 0 Å². The summed E-state index contributed by atoms with van der Waals surface area (Å²) in [5, 5.41) is 13.3. The summed E-state index contributed by atoms with van der Waals surface area (Å²) >= 11 is 1.79. The highest BCUT2D eigenvalue weighted by atomic mass is 32.2. The lowest BCUT2D eigenvalue weighted by molar-refractivity contribution is -0.134. The predicted molar refractivity (Wildman–Crippen MR) is 88.2 cm³/mol. The Kier molecular flexibility index (Phi) is 4.13. The van der Waals surface area contributed by atoms with Crippen LogP contribution in [0.1, 0.15) is 24.8 Å². The molecule has 2 N–H and O–H groups in total. The van der Waals surface area contributed by atoms with Gasteiger partial charge in [-0.3, -0.25) is 4.79 Å². The van der Waals surface area contributed by atoms with E-state index in [0.717, 1.165) is 36.6 Å². The van der Waals surface area contributed by atoms with Crippen LogP contribution < -0.4 is 10.2 Å². The zero-order valence-electron chi connectivity index (χ0n) is 12.4. The van der Waals surface area contributed by atoms with Gasteiger partial charge in [0.2, 0.25) is 0 Å². The topological polar surface area (TPSA) is 52.6 Å². The van der Waals surface area contributed by atoms with Crippen molar-refractivity contribution in [3.63, 3.8) is 0 Å². The monoisotopic (exact) mass is 306 g/mol. The molecule has 0 unspecified atom stereocenters. The number of carbonyl (C=O) groups is 1. The molecule has 1 amide bonds. The smallest absolute Gasteiger partial charge is 0.256 e. The summed E-state index contributed by atoms with van der Waals surface area (Å²) in [6.45, 7) is 1.08. The number of carbonyl (C=O) groups excluding carboxylic acids is 1. The number of hydrogen-bond donors (Lipinski definition) is 2. The second kappa shape index (κ2) is 5.89. The zero-order valence-corrected chi connectivity index (χ0v) is 13.2. The Hall–Kier alpha value is -1.20. The van der Waals surface area contributed by atoms with Crippen LogP contribution in [-0.4, -0.2) is 41.7 Å². The Morgan fingerprint density at radius 1 is 1.38 bits per heavy atom. The highest BCUT2D eigenvalue weighted by Gasteiger charge is 2.37. The number of anilines is 2. The van der Waals surface area contributed by atoms with Crippen molar-refractivity contribution in [1.82, 2.24) is 0 Å². The molecular weight excluding hydrogens is 284 g/mol. The molecular formula is C16H22N2O2S. The number of rotatable bonds is 2. The molecule has 0 spiro atoms. The van der Waals surface area contributed by atoms with E-state index >= 15 is 0 Å². The van der Waals surface area contributed by atoms with E-state index < -0.39 is 5.60 Å². The van der Waals surface area contributed by atoms with Crippen molar-refractivity contribution in [3.8, 4) is 0 Å². The fourth-order valence-electron chi connectivity index (χ4n) is 3.05. The third-order valence-electron chi connectivity index (χ3n) is 4.43. The molecule has 0 aliphatic carbocycles. The van der Waals surface area contributed by atoms with Gasteiger partial charge in [-0.2, -0.15) is 11.8 Å². The van der Waals surface area contributed by atoms with E-state index in [9.17, 15) is 9.90 Å². The van der Waals surface area contributed by atoms with Crippen molar-refractivity contribution in [2.75, 3.05) is 35.3 Å². The van der Waals surface area contributed by atoms with Crippen LogP contribution in [0, 0.1) is 0 Å². The Bertz CT molecular complexity index is 541. The van der Waals surface area contributed by atoms with E-state index in [1.807, 2.05) is 12.1 Å². The number of aliphatic hydroxyl groups is 1. The van der Waals surface area contributed by atoms with E-state index in [1.165, 1.54) is 11.3 Å². The summed E-state index contributed by atoms with van der Waals surface area (Å²) in [6, 6.07) is 6.04. The summed E-state index contributed by atoms with van der Waals surface area (Å²) < 4.78 is 0. The minimum Gasteiger partial charge on any atom is -0.380 e. The van der Waals surface area contributed by atoms with Gasteiger partial charge in [-0.1, -0.05) is 0 Å². The van der Waals surface area contributed by atoms with Crippen molar-refractivity contribution in [1.29, 1.82) is 0 Å². The summed E-state index contributed by atoms with van der Waals surface area (Å²) in [5.74, 6) is 1.43. The molecule has 1 aromatic carbocycles. The molecule has 0 atom stereocenters. The van der Waals surface area contributed by atoms with Crippen LogP contribution in [0.5, 0.6) is 0 Å². The summed E-state index contributed by atoms with van der Waals surface area (Å²) in [4.78, 5) is 14.6. The molecule has 0 radical (unpaired) electrons. The molecule has 0 saturated carbocycles. The number of nitrogens with one attached hydrogen (secondary N) is 1. The molecule has 2 aliphatic heterocycles. The van der Waals surface area contributed by atoms with Crippen molar-refractivity contribution in [2.24, 2.45) is 0 Å². The summed E-state index contributed by atoms with van der Waals surface area (Å²) in [5.41, 5.74) is 2.11. The molecule has 5 heteroatoms. The van der Waals surface area contributed by atoms with Gasteiger partial charge in [0.25, 0.3) is 5.91 Å². The maximum atomic E-state index is 12.3. The number of aryl methyl sites for hydroxylation is 1. The molecule has 1 fully saturated rings. The first-order chi connectivity index (χ1) is 10.1. The maximum Gasteiger partial charge on any atom is 0.256 e. The third-order valence-corrected chi connectivity index (χ3v) is 5.42. The number of benzene rings is 1. The van der Waals surface area contributed by atoms with E-state index in [1.54, 1.807) is 11.8 Å². The Morgan fingerprint density at radius 3 is 2.90 bits per heavy atom. The molecule has 1 saturated heterocycles. The minimum atomic E-state index is -1.20. The largest absolute Gasteiger partial charge is 0.380 e. The molecule has 4 nitrogen and oxygen atoms in total. The Labute approximate surface area is 129 Å². The van der Waals surface area contributed by atoms with Crippen LogP contribution in [0.15, 0.2) is 18.2 Å². The lowest BCUT2D eigenvalue weighted by Crippen LogP contribution is -2.45. The highest BCUT2D eigenvalue weighted by molar-refractivity contribution is 7.99. The maximum absolute atomic E-state index is 12.3. The van der Waals surface area contributed by atoms with Crippen LogP contribution >= 0.6 is 11.8 Å². The third kappa shape index (κ3) is 3.04. The molecule has 2 heterocycles. The van der Waals surface area contributed by atoms with Gasteiger partial charge < -0.3 is 15.3 Å². The van der Waals surface area contributed by atoms with Crippen molar-refractivity contribution in [3.05, 3.63) is 23.8 Å². The fraction of sp³-hybridized carbons (Fsp3) is 0.562. The zero-order chi connectivity index (χ0) is 14.9. The van der Waals surface area contributed by atoms with Crippen molar-refractivity contribution >= 4 is 29.0 Å². The van der Waals surface area contributed by atoms with Gasteiger partial charge in [-0.25, -0.2) is 0 Å². The van der Waals surface area contributed by atoms with Crippen LogP contribution in [0.4, 0.5) is 11.4 Å². The van der Waals surface area contributed by atoms with Crippen LogP contribution in [0.25, 0.3) is 0 Å². The number of thioether (sulfide) groups is 1. The molecule has 0 bridgehead atoms. The first-order valence-corrected chi connectivity index (χ1v) is 8.70. The predicted octanol–water partition coefficient (Wildman–Crippen LogP) is 2.27. The Balaban J connectivity index is 1.74. The lowest BCUT2D eigenvalue weighted by atomic mass is 9.95. The van der Waals surface area contributed by atoms with E-state index in [2.05, 4.69) is 23.3 Å². The second-order valence-corrected chi connectivity index (χ2v) is 7.19. The second-order valence-electron chi connectivity index (χ2n) is 5.97. The lowest BCUT2D eigenvalue weighted by Gasteiger charge is -2.31. The molecule has 21 heavy (non-hydrogen) atoms. The van der Waals surface area contributed by atoms with Crippen LogP contribution in [0.2, 0.25) is 0 Å². The van der Waals surface area contributed by atoms with Crippen molar-refractivity contribution in [2.45, 2.75) is 31.3 Å². The first kappa shape index (κ1) is 14.7. The normalized spacial score (nSPS) is 20.8. The van der Waals surface area contributed by atoms with Gasteiger partial charge in [0.15, 0.2) is 0 Å². The number of fused-ring (bicyclic) bond motifs is 1. The highest BCUT2D eigenvalue weighted by Crippen LogP contribution is 2.31. The fourth-order valence-corrected chi connectivity index (χ4v) is 4.21. The number of amides is 1. The van der Waals surface area contributed by atoms with Gasteiger partial charge in [0.05, 0.1) is 0 Å². The molecule has 2 aliphatic rings. The van der Waals surface area contributed by atoms with Crippen LogP contribution in [-0.2, 0) is 11.2 Å². The Morgan fingerprint density at radius 2 is 2.14 bits per heavy atom. The molecule has 3 rings (SSSR count). The molecule has 0 aromatic heterocycles. The van der Waals surface area contributed by atoms with Gasteiger partial charge >= 0.3 is 0 Å². The quantitative estimate of drug-likeness (QED) is 0.880. The van der Waals surface area contributed by atoms with E-state index in [0.29, 0.717) is 12.8 Å². The first-order valence-electron chi connectivity index (χ1n) is 7.54. The molecule has 114 valence electrons. The van der Waals surface area contributed by atoms with Crippen molar-refractivity contribution < 1.29 is 9.90 Å². The van der Waals surface area contributed by atoms with Gasteiger partial charge in [0.1, 0.15) is 5.60 Å². The van der Waals surface area contributed by atoms with Gasteiger partial charge in [-0.05, 0) is 61.0 Å². The standard InChI is InChI=1S/C16H22N2O2S/c1-18-8-2-3-12-11-13(4-5-14(12)18)17-15(19)16(20)6-9-21-10-7-16/h4-5,11,20H,2-3,6-10H2,1H3,(H,17,19). The number of nitrogens with zero attached hydrogens (tertiary/aromatic N) is 1. The van der Waals surface area contributed by atoms with Gasteiger partial charge in [0, 0.05) is 25.0 Å². The van der Waals surface area contributed by atoms with E-state index in [4.69, 9.17) is 0 Å². The minimum absolute atomic E-state index is 0.257. The summed E-state index contributed by atoms with van der Waals surface area (Å²) in [7, 11) is 2.10.